The van der Waals surface area contributed by atoms with E-state index in [2.05, 4.69) is 31.2 Å². The Kier molecular flexibility index (Phi) is 7.10. The van der Waals surface area contributed by atoms with Gasteiger partial charge in [0.15, 0.2) is 0 Å². The number of thioether (sulfide) groups is 1. The predicted molar refractivity (Wildman–Crippen MR) is 95.2 cm³/mol. The summed E-state index contributed by atoms with van der Waals surface area (Å²) in [5.74, 6) is 0.235. The Bertz CT molecular complexity index is 620. The Hall–Kier alpha value is -1.35. The van der Waals surface area contributed by atoms with Crippen molar-refractivity contribution in [3.8, 4) is 0 Å². The highest BCUT2D eigenvalue weighted by molar-refractivity contribution is 7.99. The van der Waals surface area contributed by atoms with Gasteiger partial charge in [0, 0.05) is 4.90 Å². The fourth-order valence-corrected chi connectivity index (χ4v) is 3.45. The van der Waals surface area contributed by atoms with Gasteiger partial charge in [0.1, 0.15) is 11.6 Å². The van der Waals surface area contributed by atoms with Gasteiger partial charge in [-0.25, -0.2) is 8.78 Å². The first-order chi connectivity index (χ1) is 11.1. The highest BCUT2D eigenvalue weighted by Gasteiger charge is 2.09. The molecule has 0 fully saturated rings. The monoisotopic (exact) mass is 334 g/mol. The average Bonchev–Trinajstić information content (AvgIpc) is 2.55. The van der Waals surface area contributed by atoms with Gasteiger partial charge in [-0.3, -0.25) is 0 Å². The number of benzene rings is 2. The molecule has 0 spiro atoms. The van der Waals surface area contributed by atoms with Crippen LogP contribution in [0, 0.1) is 18.6 Å². The van der Waals surface area contributed by atoms with Crippen molar-refractivity contribution in [1.29, 1.82) is 0 Å². The number of hydrogen-bond acceptors (Lipinski definition) is 1. The van der Waals surface area contributed by atoms with Crippen LogP contribution in [-0.4, -0.2) is 5.75 Å². The molecule has 0 unspecified atom stereocenters. The summed E-state index contributed by atoms with van der Waals surface area (Å²) >= 11 is 1.41. The van der Waals surface area contributed by atoms with E-state index in [1.807, 2.05) is 6.92 Å². The van der Waals surface area contributed by atoms with Crippen LogP contribution in [0.4, 0.5) is 8.78 Å². The van der Waals surface area contributed by atoms with Crippen molar-refractivity contribution in [1.82, 2.24) is 0 Å². The van der Waals surface area contributed by atoms with Crippen LogP contribution in [0.15, 0.2) is 41.3 Å². The van der Waals surface area contributed by atoms with Gasteiger partial charge in [-0.1, -0.05) is 43.2 Å². The molecule has 0 radical (unpaired) electrons. The van der Waals surface area contributed by atoms with Gasteiger partial charge >= 0.3 is 0 Å². The van der Waals surface area contributed by atoms with Gasteiger partial charge < -0.3 is 0 Å². The lowest BCUT2D eigenvalue weighted by atomic mass is 10.1. The highest BCUT2D eigenvalue weighted by atomic mass is 32.2. The van der Waals surface area contributed by atoms with Crippen LogP contribution in [0.1, 0.15) is 42.9 Å². The molecule has 0 aliphatic heterocycles. The summed E-state index contributed by atoms with van der Waals surface area (Å²) in [5, 5.41) is 0. The molecular formula is C20H24F2S. The molecule has 0 nitrogen and oxygen atoms in total. The number of unbranched alkanes of at least 4 members (excludes halogenated alkanes) is 2. The summed E-state index contributed by atoms with van der Waals surface area (Å²) in [6, 6.07) is 11.3. The SMILES string of the molecule is CCc1cc(F)c(SCCCCCc2ccc(C)cc2)cc1F. The molecule has 2 rings (SSSR count). The van der Waals surface area contributed by atoms with Crippen LogP contribution in [-0.2, 0) is 12.8 Å². The summed E-state index contributed by atoms with van der Waals surface area (Å²) in [4.78, 5) is 0.429. The Morgan fingerprint density at radius 2 is 1.65 bits per heavy atom. The van der Waals surface area contributed by atoms with Crippen LogP contribution in [0.25, 0.3) is 0 Å². The molecule has 0 heterocycles. The van der Waals surface area contributed by atoms with Gasteiger partial charge in [0.2, 0.25) is 0 Å². The van der Waals surface area contributed by atoms with E-state index in [1.165, 1.54) is 35.0 Å². The molecule has 0 aliphatic rings. The fourth-order valence-electron chi connectivity index (χ4n) is 2.50. The van der Waals surface area contributed by atoms with E-state index in [1.54, 1.807) is 0 Å². The van der Waals surface area contributed by atoms with E-state index in [0.717, 1.165) is 31.4 Å². The van der Waals surface area contributed by atoms with Crippen LogP contribution >= 0.6 is 11.8 Å². The molecule has 0 saturated carbocycles. The molecular weight excluding hydrogens is 310 g/mol. The van der Waals surface area contributed by atoms with Crippen LogP contribution in [0.3, 0.4) is 0 Å². The van der Waals surface area contributed by atoms with Crippen molar-refractivity contribution in [2.45, 2.75) is 50.8 Å². The Labute approximate surface area is 142 Å². The molecule has 0 N–H and O–H groups in total. The third-order valence-corrected chi connectivity index (χ3v) is 5.09. The maximum atomic E-state index is 13.9. The molecule has 0 atom stereocenters. The molecule has 3 heteroatoms. The lowest BCUT2D eigenvalue weighted by Crippen LogP contribution is -1.93. The molecule has 23 heavy (non-hydrogen) atoms. The van der Waals surface area contributed by atoms with Crippen molar-refractivity contribution in [2.24, 2.45) is 0 Å². The van der Waals surface area contributed by atoms with Crippen molar-refractivity contribution >= 4 is 11.8 Å². The van der Waals surface area contributed by atoms with Crippen LogP contribution < -0.4 is 0 Å². The topological polar surface area (TPSA) is 0 Å². The van der Waals surface area contributed by atoms with E-state index in [-0.39, 0.29) is 11.6 Å². The minimum absolute atomic E-state index is 0.296. The summed E-state index contributed by atoms with van der Waals surface area (Å²) in [7, 11) is 0. The first-order valence-electron chi connectivity index (χ1n) is 8.26. The second-order valence-corrected chi connectivity index (χ2v) is 7.01. The Morgan fingerprint density at radius 1 is 0.913 bits per heavy atom. The Morgan fingerprint density at radius 3 is 2.35 bits per heavy atom. The maximum absolute atomic E-state index is 13.9. The van der Waals surface area contributed by atoms with Gasteiger partial charge in [0.05, 0.1) is 0 Å². The molecule has 0 aromatic heterocycles. The average molecular weight is 334 g/mol. The fraction of sp³-hybridized carbons (Fsp3) is 0.400. The molecule has 0 aliphatic carbocycles. The van der Waals surface area contributed by atoms with Crippen molar-refractivity contribution < 1.29 is 8.78 Å². The summed E-state index contributed by atoms with van der Waals surface area (Å²) in [6.45, 7) is 3.93. The third-order valence-electron chi connectivity index (χ3n) is 3.97. The summed E-state index contributed by atoms with van der Waals surface area (Å²) in [6.07, 6.45) is 4.87. The largest absolute Gasteiger partial charge is 0.207 e. The van der Waals surface area contributed by atoms with Gasteiger partial charge in [-0.2, -0.15) is 0 Å². The standard InChI is InChI=1S/C20H24F2S/c1-3-17-13-19(22)20(14-18(17)21)23-12-6-4-5-7-16-10-8-15(2)9-11-16/h8-11,13-14H,3-7,12H2,1-2H3. The minimum atomic E-state index is -0.298. The second-order valence-electron chi connectivity index (χ2n) is 5.87. The number of hydrogen-bond donors (Lipinski definition) is 0. The quantitative estimate of drug-likeness (QED) is 0.401. The van der Waals surface area contributed by atoms with Gasteiger partial charge in [-0.15, -0.1) is 11.8 Å². The van der Waals surface area contributed by atoms with Crippen LogP contribution in [0.5, 0.6) is 0 Å². The lowest BCUT2D eigenvalue weighted by Gasteiger charge is -2.07. The molecule has 0 bridgehead atoms. The lowest BCUT2D eigenvalue weighted by molar-refractivity contribution is 0.566. The zero-order valence-corrected chi connectivity index (χ0v) is 14.7. The normalized spacial score (nSPS) is 11.0. The maximum Gasteiger partial charge on any atom is 0.137 e. The predicted octanol–water partition coefficient (Wildman–Crippen LogP) is 6.34. The van der Waals surface area contributed by atoms with Crippen molar-refractivity contribution in [2.75, 3.05) is 5.75 Å². The first-order valence-corrected chi connectivity index (χ1v) is 9.25. The third kappa shape index (κ3) is 5.65. The second kappa shape index (κ2) is 9.07. The van der Waals surface area contributed by atoms with E-state index in [4.69, 9.17) is 0 Å². The summed E-state index contributed by atoms with van der Waals surface area (Å²) < 4.78 is 27.6. The first kappa shape index (κ1) is 18.0. The highest BCUT2D eigenvalue weighted by Crippen LogP contribution is 2.26. The zero-order valence-electron chi connectivity index (χ0n) is 13.9. The van der Waals surface area contributed by atoms with E-state index < -0.39 is 0 Å². The number of halogens is 2. The molecule has 2 aromatic rings. The minimum Gasteiger partial charge on any atom is -0.207 e. The molecule has 124 valence electrons. The molecule has 0 saturated heterocycles. The van der Waals surface area contributed by atoms with Gasteiger partial charge in [-0.05, 0) is 61.6 Å². The van der Waals surface area contributed by atoms with E-state index in [9.17, 15) is 8.78 Å². The number of rotatable bonds is 8. The van der Waals surface area contributed by atoms with Gasteiger partial charge in [0.25, 0.3) is 0 Å². The summed E-state index contributed by atoms with van der Waals surface area (Å²) in [5.41, 5.74) is 3.10. The van der Waals surface area contributed by atoms with E-state index >= 15 is 0 Å². The zero-order chi connectivity index (χ0) is 16.7. The smallest absolute Gasteiger partial charge is 0.137 e. The van der Waals surface area contributed by atoms with E-state index in [0.29, 0.717) is 16.9 Å². The number of aryl methyl sites for hydroxylation is 3. The Balaban J connectivity index is 1.69. The van der Waals surface area contributed by atoms with Crippen molar-refractivity contribution in [3.05, 3.63) is 64.7 Å². The van der Waals surface area contributed by atoms with Crippen molar-refractivity contribution in [3.63, 3.8) is 0 Å². The van der Waals surface area contributed by atoms with Crippen LogP contribution in [0.2, 0.25) is 0 Å². The molecule has 2 aromatic carbocycles. The molecule has 0 amide bonds.